The Morgan fingerprint density at radius 1 is 1.24 bits per heavy atom. The van der Waals surface area contributed by atoms with Crippen LogP contribution in [0.2, 0.25) is 5.02 Å². The molecule has 0 heterocycles. The van der Waals surface area contributed by atoms with Crippen molar-refractivity contribution >= 4 is 23.5 Å². The lowest BCUT2D eigenvalue weighted by molar-refractivity contribution is -0.118. The largest absolute Gasteiger partial charge is 0.309 e. The van der Waals surface area contributed by atoms with Crippen molar-refractivity contribution in [3.63, 3.8) is 0 Å². The molecule has 0 spiro atoms. The van der Waals surface area contributed by atoms with Crippen molar-refractivity contribution in [1.82, 2.24) is 4.90 Å². The first kappa shape index (κ1) is 17.9. The van der Waals surface area contributed by atoms with Crippen LogP contribution in [0.1, 0.15) is 38.2 Å². The lowest BCUT2D eigenvalue weighted by Gasteiger charge is -2.18. The highest BCUT2D eigenvalue weighted by Gasteiger charge is 2.16. The minimum absolute atomic E-state index is 0.0927. The Balaban J connectivity index is 2.63. The molecule has 0 saturated heterocycles. The monoisotopic (exact) mass is 307 g/mol. The molecular weight excluding hydrogens is 282 g/mol. The van der Waals surface area contributed by atoms with Gasteiger partial charge in [-0.05, 0) is 44.3 Å². The van der Waals surface area contributed by atoms with Gasteiger partial charge >= 0.3 is 0 Å². The van der Waals surface area contributed by atoms with Crippen LogP contribution in [0.15, 0.2) is 30.3 Å². The summed E-state index contributed by atoms with van der Waals surface area (Å²) in [5.41, 5.74) is 1.00. The van der Waals surface area contributed by atoms with Gasteiger partial charge in [-0.25, -0.2) is 0 Å². The second-order valence-electron chi connectivity index (χ2n) is 5.74. The summed E-state index contributed by atoms with van der Waals surface area (Å²) in [4.78, 5) is 14.5. The van der Waals surface area contributed by atoms with E-state index in [1.807, 2.05) is 44.4 Å². The van der Waals surface area contributed by atoms with E-state index in [4.69, 9.17) is 11.6 Å². The maximum Gasteiger partial charge on any atom is 0.160 e. The van der Waals surface area contributed by atoms with Crippen LogP contribution in [0.5, 0.6) is 0 Å². The molecule has 1 aromatic rings. The van der Waals surface area contributed by atoms with Gasteiger partial charge < -0.3 is 4.90 Å². The molecule has 0 aliphatic carbocycles. The van der Waals surface area contributed by atoms with Crippen LogP contribution in [0, 0.1) is 5.92 Å². The molecule has 0 saturated carbocycles. The van der Waals surface area contributed by atoms with Gasteiger partial charge in [-0.3, -0.25) is 4.79 Å². The molecule has 0 aliphatic heterocycles. The van der Waals surface area contributed by atoms with Crippen molar-refractivity contribution in [1.29, 1.82) is 0 Å². The Labute approximate surface area is 133 Å². The van der Waals surface area contributed by atoms with Crippen molar-refractivity contribution in [3.05, 3.63) is 40.9 Å². The van der Waals surface area contributed by atoms with Crippen LogP contribution in [0.4, 0.5) is 0 Å². The van der Waals surface area contributed by atoms with Crippen molar-refractivity contribution in [3.8, 4) is 0 Å². The maximum absolute atomic E-state index is 12.4. The summed E-state index contributed by atoms with van der Waals surface area (Å²) in [5, 5.41) is 0.712. The maximum atomic E-state index is 12.4. The van der Waals surface area contributed by atoms with Crippen LogP contribution in [-0.4, -0.2) is 31.3 Å². The van der Waals surface area contributed by atoms with Crippen LogP contribution in [-0.2, 0) is 4.79 Å². The third kappa shape index (κ3) is 7.45. The number of hydrogen-bond donors (Lipinski definition) is 0. The number of hydrogen-bond acceptors (Lipinski definition) is 2. The fraction of sp³-hybridized carbons (Fsp3) is 0.500. The highest BCUT2D eigenvalue weighted by atomic mass is 35.5. The van der Waals surface area contributed by atoms with Gasteiger partial charge in [0.1, 0.15) is 0 Å². The van der Waals surface area contributed by atoms with Gasteiger partial charge in [-0.1, -0.05) is 56.0 Å². The van der Waals surface area contributed by atoms with E-state index < -0.39 is 0 Å². The first-order valence-corrected chi connectivity index (χ1v) is 8.03. The average molecular weight is 308 g/mol. The highest BCUT2D eigenvalue weighted by Crippen LogP contribution is 2.15. The van der Waals surface area contributed by atoms with Gasteiger partial charge in [-0.2, -0.15) is 0 Å². The SMILES string of the molecule is CCCCCC(CN(C)C)C(=O)/C=C/c1ccc(Cl)cc1. The summed E-state index contributed by atoms with van der Waals surface area (Å²) in [6, 6.07) is 7.52. The minimum atomic E-state index is 0.0927. The average Bonchev–Trinajstić information content (AvgIpc) is 2.45. The summed E-state index contributed by atoms with van der Waals surface area (Å²) in [7, 11) is 4.03. The van der Waals surface area contributed by atoms with Crippen LogP contribution in [0.25, 0.3) is 6.08 Å². The smallest absolute Gasteiger partial charge is 0.160 e. The van der Waals surface area contributed by atoms with E-state index in [1.165, 1.54) is 12.8 Å². The molecule has 0 aromatic heterocycles. The number of carbonyl (C=O) groups excluding carboxylic acids is 1. The number of nitrogens with zero attached hydrogens (tertiary/aromatic N) is 1. The Morgan fingerprint density at radius 3 is 2.48 bits per heavy atom. The molecule has 0 aliphatic rings. The van der Waals surface area contributed by atoms with E-state index in [1.54, 1.807) is 6.08 Å². The number of carbonyl (C=O) groups is 1. The Kier molecular flexibility index (Phi) is 8.33. The third-order valence-corrected chi connectivity index (χ3v) is 3.71. The Hall–Kier alpha value is -1.12. The first-order chi connectivity index (χ1) is 10.0. The molecular formula is C18H26ClNO. The summed E-state index contributed by atoms with van der Waals surface area (Å²) in [6.45, 7) is 3.00. The van der Waals surface area contributed by atoms with Crippen molar-refractivity contribution in [2.75, 3.05) is 20.6 Å². The van der Waals surface area contributed by atoms with E-state index in [-0.39, 0.29) is 11.7 Å². The van der Waals surface area contributed by atoms with Crippen LogP contribution in [0.3, 0.4) is 0 Å². The zero-order valence-electron chi connectivity index (χ0n) is 13.3. The number of ketones is 1. The van der Waals surface area contributed by atoms with Crippen molar-refractivity contribution in [2.24, 2.45) is 5.92 Å². The van der Waals surface area contributed by atoms with E-state index in [0.29, 0.717) is 5.02 Å². The van der Waals surface area contributed by atoms with Gasteiger partial charge in [0.05, 0.1) is 0 Å². The highest BCUT2D eigenvalue weighted by molar-refractivity contribution is 6.30. The van der Waals surface area contributed by atoms with Gasteiger partial charge in [0, 0.05) is 17.5 Å². The fourth-order valence-electron chi connectivity index (χ4n) is 2.29. The Bertz CT molecular complexity index is 451. The molecule has 0 fully saturated rings. The van der Waals surface area contributed by atoms with Crippen LogP contribution < -0.4 is 0 Å². The van der Waals surface area contributed by atoms with Crippen molar-refractivity contribution < 1.29 is 4.79 Å². The predicted molar refractivity (Wildman–Crippen MR) is 91.7 cm³/mol. The summed E-state index contributed by atoms with van der Waals surface area (Å²) in [6.07, 6.45) is 8.05. The van der Waals surface area contributed by atoms with E-state index in [2.05, 4.69) is 11.8 Å². The molecule has 0 N–H and O–H groups in total. The lowest BCUT2D eigenvalue weighted by atomic mass is 9.95. The van der Waals surface area contributed by atoms with Crippen molar-refractivity contribution in [2.45, 2.75) is 32.6 Å². The molecule has 1 aromatic carbocycles. The number of allylic oxidation sites excluding steroid dienone is 1. The molecule has 116 valence electrons. The molecule has 1 unspecified atom stereocenters. The van der Waals surface area contributed by atoms with Gasteiger partial charge in [0.15, 0.2) is 5.78 Å². The quantitative estimate of drug-likeness (QED) is 0.487. The second-order valence-corrected chi connectivity index (χ2v) is 6.18. The summed E-state index contributed by atoms with van der Waals surface area (Å²) >= 11 is 5.86. The molecule has 0 bridgehead atoms. The standard InChI is InChI=1S/C18H26ClNO/c1-4-5-6-7-16(14-20(2)3)18(21)13-10-15-8-11-17(19)12-9-15/h8-13,16H,4-7,14H2,1-3H3/b13-10+. The number of unbranched alkanes of at least 4 members (excludes halogenated alkanes) is 2. The molecule has 2 nitrogen and oxygen atoms in total. The van der Waals surface area contributed by atoms with E-state index >= 15 is 0 Å². The molecule has 1 rings (SSSR count). The molecule has 3 heteroatoms. The third-order valence-electron chi connectivity index (χ3n) is 3.45. The Morgan fingerprint density at radius 2 is 1.90 bits per heavy atom. The normalized spacial score (nSPS) is 13.0. The number of rotatable bonds is 9. The predicted octanol–water partition coefficient (Wildman–Crippen LogP) is 4.68. The summed E-state index contributed by atoms with van der Waals surface area (Å²) < 4.78 is 0. The lowest BCUT2D eigenvalue weighted by Crippen LogP contribution is -2.27. The van der Waals surface area contributed by atoms with E-state index in [0.717, 1.165) is 24.9 Å². The minimum Gasteiger partial charge on any atom is -0.309 e. The number of benzene rings is 1. The summed E-state index contributed by atoms with van der Waals surface area (Å²) in [5.74, 6) is 0.310. The fourth-order valence-corrected chi connectivity index (χ4v) is 2.42. The van der Waals surface area contributed by atoms with Gasteiger partial charge in [0.25, 0.3) is 0 Å². The second kappa shape index (κ2) is 9.75. The van der Waals surface area contributed by atoms with Gasteiger partial charge in [-0.15, -0.1) is 0 Å². The molecule has 1 atom stereocenters. The van der Waals surface area contributed by atoms with E-state index in [9.17, 15) is 4.79 Å². The van der Waals surface area contributed by atoms with Gasteiger partial charge in [0.2, 0.25) is 0 Å². The zero-order chi connectivity index (χ0) is 15.7. The molecule has 0 radical (unpaired) electrons. The topological polar surface area (TPSA) is 20.3 Å². The molecule has 0 amide bonds. The zero-order valence-corrected chi connectivity index (χ0v) is 14.1. The molecule has 21 heavy (non-hydrogen) atoms. The van der Waals surface area contributed by atoms with Crippen LogP contribution >= 0.6 is 11.6 Å². The first-order valence-electron chi connectivity index (χ1n) is 7.65. The number of halogens is 1.